The van der Waals surface area contributed by atoms with Gasteiger partial charge in [-0.15, -0.1) is 0 Å². The molecule has 0 aliphatic carbocycles. The topological polar surface area (TPSA) is 23.9 Å². The summed E-state index contributed by atoms with van der Waals surface area (Å²) in [5.74, 6) is 0. The molecule has 1 nitrogen and oxygen atoms in total. The minimum Gasteiger partial charge on any atom is -0.309 e. The minimum absolute atomic E-state index is 1.17. The van der Waals surface area contributed by atoms with Crippen LogP contribution in [0.3, 0.4) is 0 Å². The van der Waals surface area contributed by atoms with Crippen LogP contribution in [-0.2, 0) is 0 Å². The molecule has 0 aliphatic heterocycles. The number of nitrogens with one attached hydrogen (secondary N) is 1. The van der Waals surface area contributed by atoms with Gasteiger partial charge in [-0.25, -0.2) is 0 Å². The van der Waals surface area contributed by atoms with Crippen LogP contribution in [0.25, 0.3) is 0 Å². The van der Waals surface area contributed by atoms with Crippen LogP contribution < -0.4 is 0 Å². The molecule has 0 aromatic rings. The highest BCUT2D eigenvalue weighted by Crippen LogP contribution is 2.10. The van der Waals surface area contributed by atoms with Gasteiger partial charge in [0, 0.05) is 6.21 Å². The third-order valence-corrected chi connectivity index (χ3v) is 3.50. The fourth-order valence-electron chi connectivity index (χ4n) is 0.733. The van der Waals surface area contributed by atoms with Gasteiger partial charge in [0.05, 0.1) is 8.07 Å². The first-order valence-electron chi connectivity index (χ1n) is 3.19. The number of hydrogen-bond donors (Lipinski definition) is 1. The number of allylic oxidation sites excluding steroid dienone is 2. The summed E-state index contributed by atoms with van der Waals surface area (Å²) in [4.78, 5) is 0. The van der Waals surface area contributed by atoms with E-state index >= 15 is 0 Å². The summed E-state index contributed by atoms with van der Waals surface area (Å²) < 4.78 is 0. The molecule has 0 saturated heterocycles. The Hall–Kier alpha value is -0.373. The highest BCUT2D eigenvalue weighted by Gasteiger charge is 2.15. The van der Waals surface area contributed by atoms with Gasteiger partial charge < -0.3 is 5.41 Å². The molecule has 0 amide bonds. The van der Waals surface area contributed by atoms with Gasteiger partial charge in [0.25, 0.3) is 0 Å². The minimum atomic E-state index is -1.17. The third-order valence-electron chi connectivity index (χ3n) is 1.33. The Morgan fingerprint density at radius 1 is 1.33 bits per heavy atom. The first-order chi connectivity index (χ1) is 4.02. The van der Waals surface area contributed by atoms with Gasteiger partial charge in [0.15, 0.2) is 0 Å². The Labute approximate surface area is 58.3 Å². The number of hydrogen-bond acceptors (Lipinski definition) is 1. The van der Waals surface area contributed by atoms with Gasteiger partial charge >= 0.3 is 0 Å². The average Bonchev–Trinajstić information content (AvgIpc) is 1.65. The molecule has 0 radical (unpaired) electrons. The van der Waals surface area contributed by atoms with Crippen molar-refractivity contribution in [1.29, 1.82) is 5.41 Å². The van der Waals surface area contributed by atoms with E-state index in [9.17, 15) is 0 Å². The van der Waals surface area contributed by atoms with E-state index < -0.39 is 8.07 Å². The van der Waals surface area contributed by atoms with Crippen LogP contribution in [0.5, 0.6) is 0 Å². The molecule has 0 atom stereocenters. The fourth-order valence-corrected chi connectivity index (χ4v) is 2.03. The molecular formula is C7H15NSi. The largest absolute Gasteiger partial charge is 0.309 e. The second-order valence-corrected chi connectivity index (χ2v) is 8.22. The zero-order chi connectivity index (χ0) is 7.49. The summed E-state index contributed by atoms with van der Waals surface area (Å²) >= 11 is 0. The Kier molecular flexibility index (Phi) is 2.84. The summed E-state index contributed by atoms with van der Waals surface area (Å²) in [5.41, 5.74) is 0. The quantitative estimate of drug-likeness (QED) is 0.451. The summed E-state index contributed by atoms with van der Waals surface area (Å²) in [5, 5.41) is 8.28. The van der Waals surface area contributed by atoms with E-state index in [4.69, 9.17) is 5.41 Å². The van der Waals surface area contributed by atoms with Crippen molar-refractivity contribution in [2.75, 3.05) is 0 Å². The molecule has 0 heterocycles. The molecule has 0 aliphatic rings. The van der Waals surface area contributed by atoms with E-state index in [-0.39, 0.29) is 0 Å². The van der Waals surface area contributed by atoms with Gasteiger partial charge in [0.1, 0.15) is 0 Å². The van der Waals surface area contributed by atoms with Crippen LogP contribution in [0, 0.1) is 5.41 Å². The lowest BCUT2D eigenvalue weighted by atomic mass is 10.5. The monoisotopic (exact) mass is 141 g/mol. The van der Waals surface area contributed by atoms with Crippen LogP contribution in [0.1, 0.15) is 6.92 Å². The SMILES string of the molecule is C/C=C(\C=N)[Si](C)(C)C. The molecule has 0 aromatic carbocycles. The van der Waals surface area contributed by atoms with Crippen LogP contribution in [0.2, 0.25) is 19.6 Å². The maximum absolute atomic E-state index is 7.06. The molecule has 0 bridgehead atoms. The average molecular weight is 141 g/mol. The first-order valence-corrected chi connectivity index (χ1v) is 6.69. The number of rotatable bonds is 2. The van der Waals surface area contributed by atoms with Crippen LogP contribution >= 0.6 is 0 Å². The van der Waals surface area contributed by atoms with Crippen molar-refractivity contribution in [3.8, 4) is 0 Å². The molecule has 2 heteroatoms. The van der Waals surface area contributed by atoms with Crippen molar-refractivity contribution in [3.63, 3.8) is 0 Å². The van der Waals surface area contributed by atoms with Gasteiger partial charge in [-0.2, -0.15) is 0 Å². The third kappa shape index (κ3) is 2.61. The molecule has 1 N–H and O–H groups in total. The van der Waals surface area contributed by atoms with E-state index in [0.717, 1.165) is 0 Å². The Morgan fingerprint density at radius 3 is 1.78 bits per heavy atom. The van der Waals surface area contributed by atoms with Crippen molar-refractivity contribution in [2.24, 2.45) is 0 Å². The first kappa shape index (κ1) is 8.63. The highest BCUT2D eigenvalue weighted by molar-refractivity contribution is 6.86. The Bertz CT molecular complexity index is 130. The Morgan fingerprint density at radius 2 is 1.78 bits per heavy atom. The maximum Gasteiger partial charge on any atom is 0.0791 e. The summed E-state index contributed by atoms with van der Waals surface area (Å²) in [6, 6.07) is 0. The molecule has 0 spiro atoms. The smallest absolute Gasteiger partial charge is 0.0791 e. The van der Waals surface area contributed by atoms with E-state index in [2.05, 4.69) is 19.6 Å². The lowest BCUT2D eigenvalue weighted by molar-refractivity contribution is 1.54. The normalized spacial score (nSPS) is 13.6. The van der Waals surface area contributed by atoms with Gasteiger partial charge in [-0.05, 0) is 12.1 Å². The zero-order valence-electron chi connectivity index (χ0n) is 6.65. The van der Waals surface area contributed by atoms with E-state index in [1.165, 1.54) is 11.4 Å². The summed E-state index contributed by atoms with van der Waals surface area (Å²) in [6.45, 7) is 8.73. The van der Waals surface area contributed by atoms with Crippen molar-refractivity contribution in [2.45, 2.75) is 26.6 Å². The molecule has 0 saturated carbocycles. The van der Waals surface area contributed by atoms with E-state index in [0.29, 0.717) is 0 Å². The van der Waals surface area contributed by atoms with Crippen molar-refractivity contribution >= 4 is 14.3 Å². The van der Waals surface area contributed by atoms with E-state index in [1.807, 2.05) is 13.0 Å². The van der Waals surface area contributed by atoms with Crippen LogP contribution in [0.15, 0.2) is 11.3 Å². The maximum atomic E-state index is 7.06. The predicted molar refractivity (Wildman–Crippen MR) is 45.9 cm³/mol. The molecule has 0 fully saturated rings. The summed E-state index contributed by atoms with van der Waals surface area (Å²) in [7, 11) is -1.17. The molecule has 0 rings (SSSR count). The molecular weight excluding hydrogens is 126 g/mol. The molecule has 0 aromatic heterocycles. The van der Waals surface area contributed by atoms with E-state index in [1.54, 1.807) is 0 Å². The van der Waals surface area contributed by atoms with Gasteiger partial charge in [-0.1, -0.05) is 25.7 Å². The van der Waals surface area contributed by atoms with Crippen molar-refractivity contribution < 1.29 is 0 Å². The fraction of sp³-hybridized carbons (Fsp3) is 0.571. The lowest BCUT2D eigenvalue weighted by Crippen LogP contribution is -2.24. The Balaban J connectivity index is 4.32. The highest BCUT2D eigenvalue weighted by atomic mass is 28.3. The van der Waals surface area contributed by atoms with Gasteiger partial charge in [-0.3, -0.25) is 0 Å². The lowest BCUT2D eigenvalue weighted by Gasteiger charge is -2.15. The standard InChI is InChI=1S/C7H15NSi/c1-5-7(6-8)9(2,3)4/h5-6,8H,1-4H3/b7-5+,8-6?. The molecule has 52 valence electrons. The molecule has 9 heavy (non-hydrogen) atoms. The predicted octanol–water partition coefficient (Wildman–Crippen LogP) is 2.46. The van der Waals surface area contributed by atoms with Crippen molar-refractivity contribution in [1.82, 2.24) is 0 Å². The summed E-state index contributed by atoms with van der Waals surface area (Å²) in [6.07, 6.45) is 3.52. The van der Waals surface area contributed by atoms with Crippen molar-refractivity contribution in [3.05, 3.63) is 11.3 Å². The molecule has 0 unspecified atom stereocenters. The van der Waals surface area contributed by atoms with Gasteiger partial charge in [0.2, 0.25) is 0 Å². The van der Waals surface area contributed by atoms with Crippen LogP contribution in [0.4, 0.5) is 0 Å². The van der Waals surface area contributed by atoms with Crippen LogP contribution in [-0.4, -0.2) is 14.3 Å². The second-order valence-electron chi connectivity index (χ2n) is 3.14. The zero-order valence-corrected chi connectivity index (χ0v) is 7.65. The second kappa shape index (κ2) is 2.97.